The molecule has 0 bridgehead atoms. The average molecular weight is 522 g/mol. The standard InChI is InChI=1S/C26H24BrN3O4/c1-16-12-19-13-18(6-7-21(19)34-16)24(31)22-23(17-4-2-5-20(27)14-17)30(26(33)25(22)32)10-3-9-29-11-8-28-15-29/h2,4-8,11,13-16,23,31H,3,9-10,12H2,1H3/t16-,23-/m0/s1. The number of aliphatic hydroxyl groups excluding tert-OH is 1. The van der Waals surface area contributed by atoms with Crippen molar-refractivity contribution in [2.45, 2.75) is 38.5 Å². The summed E-state index contributed by atoms with van der Waals surface area (Å²) in [6.45, 7) is 3.02. The number of likely N-dealkylation sites (tertiary alicyclic amines) is 1. The number of imidazole rings is 1. The Labute approximate surface area is 205 Å². The molecule has 1 amide bonds. The van der Waals surface area contributed by atoms with Gasteiger partial charge >= 0.3 is 0 Å². The lowest BCUT2D eigenvalue weighted by Crippen LogP contribution is -2.31. The molecule has 0 saturated carbocycles. The van der Waals surface area contributed by atoms with E-state index in [4.69, 9.17) is 4.74 Å². The molecule has 8 heteroatoms. The van der Waals surface area contributed by atoms with E-state index in [-0.39, 0.29) is 17.4 Å². The number of halogens is 1. The van der Waals surface area contributed by atoms with Crippen molar-refractivity contribution in [3.63, 3.8) is 0 Å². The summed E-state index contributed by atoms with van der Waals surface area (Å²) in [6.07, 6.45) is 6.72. The lowest BCUT2D eigenvalue weighted by atomic mass is 9.94. The molecule has 34 heavy (non-hydrogen) atoms. The van der Waals surface area contributed by atoms with Gasteiger partial charge in [-0.25, -0.2) is 4.98 Å². The summed E-state index contributed by atoms with van der Waals surface area (Å²) in [5.41, 5.74) is 2.35. The fourth-order valence-corrected chi connectivity index (χ4v) is 5.12. The van der Waals surface area contributed by atoms with Crippen molar-refractivity contribution in [2.24, 2.45) is 0 Å². The largest absolute Gasteiger partial charge is 0.507 e. The molecule has 1 fully saturated rings. The minimum absolute atomic E-state index is 0.0649. The minimum Gasteiger partial charge on any atom is -0.507 e. The Balaban J connectivity index is 1.53. The number of amides is 1. The van der Waals surface area contributed by atoms with Gasteiger partial charge in [-0.05, 0) is 54.8 Å². The van der Waals surface area contributed by atoms with Crippen molar-refractivity contribution >= 4 is 33.4 Å². The summed E-state index contributed by atoms with van der Waals surface area (Å²) in [5, 5.41) is 11.3. The van der Waals surface area contributed by atoms with E-state index in [1.165, 1.54) is 0 Å². The molecule has 2 aliphatic heterocycles. The summed E-state index contributed by atoms with van der Waals surface area (Å²) in [6, 6.07) is 12.2. The fourth-order valence-electron chi connectivity index (χ4n) is 4.70. The molecule has 1 saturated heterocycles. The second kappa shape index (κ2) is 9.10. The van der Waals surface area contributed by atoms with E-state index in [2.05, 4.69) is 20.9 Å². The minimum atomic E-state index is -0.677. The van der Waals surface area contributed by atoms with Crippen molar-refractivity contribution in [1.82, 2.24) is 14.5 Å². The van der Waals surface area contributed by atoms with Crippen LogP contribution in [-0.4, -0.2) is 43.9 Å². The quantitative estimate of drug-likeness (QED) is 0.293. The maximum absolute atomic E-state index is 13.2. The van der Waals surface area contributed by atoms with Crippen LogP contribution >= 0.6 is 15.9 Å². The van der Waals surface area contributed by atoms with E-state index in [1.54, 1.807) is 23.5 Å². The van der Waals surface area contributed by atoms with Gasteiger partial charge in [0.1, 0.15) is 17.6 Å². The molecule has 174 valence electrons. The van der Waals surface area contributed by atoms with E-state index < -0.39 is 17.7 Å². The molecule has 2 atom stereocenters. The van der Waals surface area contributed by atoms with E-state index in [0.717, 1.165) is 27.8 Å². The van der Waals surface area contributed by atoms with Gasteiger partial charge in [0.05, 0.1) is 17.9 Å². The zero-order valence-electron chi connectivity index (χ0n) is 18.6. The third kappa shape index (κ3) is 4.14. The third-order valence-electron chi connectivity index (χ3n) is 6.25. The lowest BCUT2D eigenvalue weighted by Gasteiger charge is -2.25. The van der Waals surface area contributed by atoms with Crippen LogP contribution in [0.4, 0.5) is 0 Å². The molecule has 0 aliphatic carbocycles. The van der Waals surface area contributed by atoms with E-state index in [9.17, 15) is 14.7 Å². The highest BCUT2D eigenvalue weighted by molar-refractivity contribution is 9.10. The molecular weight excluding hydrogens is 498 g/mol. The Bertz CT molecular complexity index is 1280. The van der Waals surface area contributed by atoms with Crippen molar-refractivity contribution in [3.05, 3.63) is 87.9 Å². The number of hydrogen-bond donors (Lipinski definition) is 1. The molecule has 0 unspecified atom stereocenters. The Morgan fingerprint density at radius 2 is 2.06 bits per heavy atom. The first kappa shape index (κ1) is 22.4. The third-order valence-corrected chi connectivity index (χ3v) is 6.74. The number of aliphatic hydroxyl groups is 1. The molecule has 0 spiro atoms. The van der Waals surface area contributed by atoms with Crippen LogP contribution in [0, 0.1) is 0 Å². The van der Waals surface area contributed by atoms with Crippen molar-refractivity contribution in [1.29, 1.82) is 0 Å². The molecule has 2 aliphatic rings. The number of carbonyl (C=O) groups excluding carboxylic acids is 2. The van der Waals surface area contributed by atoms with Crippen LogP contribution < -0.4 is 4.74 Å². The van der Waals surface area contributed by atoms with E-state index in [0.29, 0.717) is 25.1 Å². The zero-order chi connectivity index (χ0) is 23.8. The first-order chi connectivity index (χ1) is 16.4. The van der Waals surface area contributed by atoms with Gasteiger partial charge in [-0.15, -0.1) is 0 Å². The summed E-state index contributed by atoms with van der Waals surface area (Å²) in [5.74, 6) is -0.652. The number of aromatic nitrogens is 2. The smallest absolute Gasteiger partial charge is 0.295 e. The van der Waals surface area contributed by atoms with Gasteiger partial charge in [-0.1, -0.05) is 28.1 Å². The van der Waals surface area contributed by atoms with Gasteiger partial charge in [-0.2, -0.15) is 0 Å². The van der Waals surface area contributed by atoms with Crippen LogP contribution in [0.5, 0.6) is 5.75 Å². The molecule has 1 N–H and O–H groups in total. The van der Waals surface area contributed by atoms with Crippen LogP contribution in [0.15, 0.2) is 71.2 Å². The van der Waals surface area contributed by atoms with Crippen molar-refractivity contribution in [3.8, 4) is 5.75 Å². The molecular formula is C26H24BrN3O4. The monoisotopic (exact) mass is 521 g/mol. The van der Waals surface area contributed by atoms with Crippen molar-refractivity contribution < 1.29 is 19.4 Å². The Morgan fingerprint density at radius 1 is 1.21 bits per heavy atom. The number of hydrogen-bond acceptors (Lipinski definition) is 5. The molecule has 7 nitrogen and oxygen atoms in total. The van der Waals surface area contributed by atoms with Gasteiger partial charge in [-0.3, -0.25) is 9.59 Å². The molecule has 2 aromatic carbocycles. The predicted octanol–water partition coefficient (Wildman–Crippen LogP) is 4.48. The Hall–Kier alpha value is -3.39. The predicted molar refractivity (Wildman–Crippen MR) is 130 cm³/mol. The second-order valence-corrected chi connectivity index (χ2v) is 9.57. The van der Waals surface area contributed by atoms with Gasteiger partial charge in [0.25, 0.3) is 11.7 Å². The summed E-state index contributed by atoms with van der Waals surface area (Å²) < 4.78 is 8.52. The number of carbonyl (C=O) groups is 2. The highest BCUT2D eigenvalue weighted by Gasteiger charge is 2.45. The van der Waals surface area contributed by atoms with Crippen molar-refractivity contribution in [2.75, 3.05) is 6.54 Å². The number of fused-ring (bicyclic) bond motifs is 1. The van der Waals surface area contributed by atoms with Gasteiger partial charge in [0.2, 0.25) is 0 Å². The van der Waals surface area contributed by atoms with Crippen LogP contribution in [0.3, 0.4) is 0 Å². The first-order valence-electron chi connectivity index (χ1n) is 11.2. The Kier molecular flexibility index (Phi) is 6.00. The van der Waals surface area contributed by atoms with Crippen LogP contribution in [0.25, 0.3) is 5.76 Å². The van der Waals surface area contributed by atoms with Gasteiger partial charge in [0.15, 0.2) is 0 Å². The number of ether oxygens (including phenoxy) is 1. The van der Waals surface area contributed by atoms with Crippen LogP contribution in [0.2, 0.25) is 0 Å². The molecule has 5 rings (SSSR count). The second-order valence-electron chi connectivity index (χ2n) is 8.66. The van der Waals surface area contributed by atoms with Gasteiger partial charge < -0.3 is 19.3 Å². The van der Waals surface area contributed by atoms with Gasteiger partial charge in [0, 0.05) is 41.9 Å². The molecule has 3 aromatic rings. The number of benzene rings is 2. The number of nitrogens with zero attached hydrogens (tertiary/aromatic N) is 3. The maximum atomic E-state index is 13.2. The fraction of sp³-hybridized carbons (Fsp3) is 0.269. The SMILES string of the molecule is C[C@H]1Cc2cc(C(O)=C3C(=O)C(=O)N(CCCn4ccnc4)[C@H]3c3cccc(Br)c3)ccc2O1. The van der Waals surface area contributed by atoms with Crippen LogP contribution in [0.1, 0.15) is 36.1 Å². The Morgan fingerprint density at radius 3 is 2.82 bits per heavy atom. The highest BCUT2D eigenvalue weighted by atomic mass is 79.9. The number of Topliss-reactive ketones (excluding diaryl/α,β-unsaturated/α-hetero) is 1. The maximum Gasteiger partial charge on any atom is 0.295 e. The summed E-state index contributed by atoms with van der Waals surface area (Å²) in [4.78, 5) is 31.9. The van der Waals surface area contributed by atoms with E-state index >= 15 is 0 Å². The summed E-state index contributed by atoms with van der Waals surface area (Å²) >= 11 is 3.49. The zero-order valence-corrected chi connectivity index (χ0v) is 20.2. The number of rotatable bonds is 6. The molecule has 3 heterocycles. The van der Waals surface area contributed by atoms with Crippen LogP contribution in [-0.2, 0) is 22.6 Å². The average Bonchev–Trinajstić information content (AvgIpc) is 3.52. The molecule has 1 aromatic heterocycles. The molecule has 0 radical (unpaired) electrons. The number of ketones is 1. The topological polar surface area (TPSA) is 84.7 Å². The normalized spacial score (nSPS) is 21.1. The van der Waals surface area contributed by atoms with E-state index in [1.807, 2.05) is 54.1 Å². The highest BCUT2D eigenvalue weighted by Crippen LogP contribution is 2.41. The number of aryl methyl sites for hydroxylation is 1. The summed E-state index contributed by atoms with van der Waals surface area (Å²) in [7, 11) is 0. The lowest BCUT2D eigenvalue weighted by molar-refractivity contribution is -0.139. The first-order valence-corrected chi connectivity index (χ1v) is 12.0.